The van der Waals surface area contributed by atoms with Gasteiger partial charge in [0.25, 0.3) is 0 Å². The van der Waals surface area contributed by atoms with Crippen LogP contribution in [0.2, 0.25) is 0 Å². The van der Waals surface area contributed by atoms with Crippen LogP contribution in [0.25, 0.3) is 0 Å². The Labute approximate surface area is 278 Å². The van der Waals surface area contributed by atoms with Gasteiger partial charge in [0.2, 0.25) is 0 Å². The summed E-state index contributed by atoms with van der Waals surface area (Å²) in [6, 6.07) is 0. The summed E-state index contributed by atoms with van der Waals surface area (Å²) in [4.78, 5) is 52.7. The maximum Gasteiger partial charge on any atom is 0.340 e. The second-order valence-electron chi connectivity index (χ2n) is 15.8. The third-order valence-corrected chi connectivity index (χ3v) is 17.6. The number of epoxide rings is 1. The van der Waals surface area contributed by atoms with Crippen LogP contribution in [-0.4, -0.2) is 90.6 Å². The molecular weight excluding hydrogens is 720 g/mol. The van der Waals surface area contributed by atoms with E-state index in [0.717, 1.165) is 0 Å². The van der Waals surface area contributed by atoms with Gasteiger partial charge in [0.15, 0.2) is 15.9 Å². The summed E-state index contributed by atoms with van der Waals surface area (Å²) in [6.45, 7) is 11.4. The van der Waals surface area contributed by atoms with E-state index in [-0.39, 0.29) is 23.9 Å². The van der Waals surface area contributed by atoms with Gasteiger partial charge in [-0.05, 0) is 52.9 Å². The summed E-state index contributed by atoms with van der Waals surface area (Å²) < 4.78 is 22.7. The van der Waals surface area contributed by atoms with Gasteiger partial charge in [-0.3, -0.25) is 14.4 Å². The quantitative estimate of drug-likeness (QED) is 0.163. The van der Waals surface area contributed by atoms with Crippen molar-refractivity contribution in [2.24, 2.45) is 57.7 Å². The number of ether oxygens (including phenoxy) is 4. The van der Waals surface area contributed by atoms with E-state index >= 15 is 0 Å². The molecule has 0 aromatic rings. The molecule has 7 rings (SSSR count). The Morgan fingerprint density at radius 1 is 0.956 bits per heavy atom. The van der Waals surface area contributed by atoms with Crippen LogP contribution in [-0.2, 0) is 38.1 Å². The molecule has 0 aromatic heterocycles. The predicted octanol–water partition coefficient (Wildman–Crippen LogP) is 2.27. The van der Waals surface area contributed by atoms with Crippen molar-refractivity contribution in [2.45, 2.75) is 113 Å². The molecule has 5 saturated carbocycles. The maximum absolute atomic E-state index is 14.1. The molecule has 5 aliphatic carbocycles. The first-order valence-electron chi connectivity index (χ1n) is 15.9. The lowest BCUT2D eigenvalue weighted by Crippen LogP contribution is -2.72. The van der Waals surface area contributed by atoms with E-state index in [0.29, 0.717) is 12.8 Å². The lowest BCUT2D eigenvalue weighted by Gasteiger charge is -2.65. The summed E-state index contributed by atoms with van der Waals surface area (Å²) in [6.07, 6.45) is -4.17. The first kappa shape index (κ1) is 32.4. The van der Waals surface area contributed by atoms with Crippen molar-refractivity contribution in [1.29, 1.82) is 0 Å². The zero-order valence-electron chi connectivity index (χ0n) is 26.4. The van der Waals surface area contributed by atoms with Crippen molar-refractivity contribution in [2.75, 3.05) is 0 Å². The lowest BCUT2D eigenvalue weighted by atomic mass is 9.41. The van der Waals surface area contributed by atoms with E-state index in [9.17, 15) is 34.5 Å². The first-order chi connectivity index (χ1) is 20.7. The topological polar surface area (TPSA) is 169 Å². The number of hydrogen-bond donors (Lipinski definition) is 3. The molecule has 2 aliphatic heterocycles. The molecule has 13 heteroatoms. The second kappa shape index (κ2) is 9.52. The number of halogens is 2. The number of aliphatic hydroxyl groups is 3. The molecule has 250 valence electrons. The lowest BCUT2D eigenvalue weighted by molar-refractivity contribution is -0.261. The van der Waals surface area contributed by atoms with E-state index in [2.05, 4.69) is 31.9 Å². The van der Waals surface area contributed by atoms with Gasteiger partial charge in [-0.2, -0.15) is 0 Å². The third kappa shape index (κ3) is 3.61. The maximum atomic E-state index is 14.1. The number of alkyl halides is 2. The summed E-state index contributed by atoms with van der Waals surface area (Å²) in [5.74, 6) is -7.20. The molecule has 3 N–H and O–H groups in total. The fraction of sp³-hybridized carbons (Fsp3) is 0.875. The number of hydrogen-bond acceptors (Lipinski definition) is 11. The molecule has 7 fully saturated rings. The Balaban J connectivity index is 1.49. The van der Waals surface area contributed by atoms with Crippen molar-refractivity contribution in [1.82, 2.24) is 0 Å². The van der Waals surface area contributed by atoms with Gasteiger partial charge in [0.1, 0.15) is 18.3 Å². The van der Waals surface area contributed by atoms with Crippen molar-refractivity contribution in [3.63, 3.8) is 0 Å². The minimum absolute atomic E-state index is 0.0770. The van der Waals surface area contributed by atoms with Crippen LogP contribution in [0.4, 0.5) is 0 Å². The highest BCUT2D eigenvalue weighted by Gasteiger charge is 2.86. The highest BCUT2D eigenvalue weighted by molar-refractivity contribution is 9.12. The Hall–Kier alpha value is -1.12. The van der Waals surface area contributed by atoms with Gasteiger partial charge >= 0.3 is 17.9 Å². The molecular formula is C32H42Br2O11. The molecule has 0 bridgehead atoms. The Bertz CT molecular complexity index is 1390. The fourth-order valence-electron chi connectivity index (χ4n) is 12.1. The highest BCUT2D eigenvalue weighted by Crippen LogP contribution is 2.78. The molecule has 0 radical (unpaired) electrons. The molecule has 7 aliphatic rings. The van der Waals surface area contributed by atoms with Crippen molar-refractivity contribution in [3.05, 3.63) is 0 Å². The number of carbonyl (C=O) groups is 4. The molecule has 19 atom stereocenters. The zero-order valence-corrected chi connectivity index (χ0v) is 29.5. The standard InChI is InChI=1S/C32H42Br2O11/c1-10-17-20(30(6)31(7,41)27(40)45-32(30,34)25(10)33)23(39)18-16-19(24(42-11(2)35)26(29(17,18)5)43-12(3)36)28(4)9-15-14(44-15)8-13(28)21(37)22(16)38/h10,13-20,22-26,38-39,41H,8-9H2,1-7H3/t10-,13+,14-,15+,16?,17-,18+,19?,20-,22+,23+,24-,25?,26-,28-,29+,30-,31+,32?/m0/s1. The van der Waals surface area contributed by atoms with Gasteiger partial charge in [-0.15, -0.1) is 0 Å². The second-order valence-corrected chi connectivity index (χ2v) is 17.9. The van der Waals surface area contributed by atoms with Crippen molar-refractivity contribution in [3.8, 4) is 0 Å². The number of carbonyl (C=O) groups excluding carboxylic acids is 4. The predicted molar refractivity (Wildman–Crippen MR) is 162 cm³/mol. The molecule has 11 nitrogen and oxygen atoms in total. The SMILES string of the molecule is CC(=O)O[C@H]1C2C([C@@H]3[C@@H](O)[C@@H]4[C@H]([C@H](C)C(Br)C5(Br)OC(=O)[C@@](C)(O)[C@]45C)[C@@]3(C)[C@H]1OC(C)=O)[C@@H](O)C(=O)[C@H]1C[C@@H]3O[C@@H]3C[C@]21C. The minimum atomic E-state index is -2.05. The first-order valence-corrected chi connectivity index (χ1v) is 17.6. The average molecular weight is 762 g/mol. The Morgan fingerprint density at radius 2 is 1.58 bits per heavy atom. The smallest absolute Gasteiger partial charge is 0.340 e. The van der Waals surface area contributed by atoms with E-state index in [1.54, 1.807) is 6.92 Å². The zero-order chi connectivity index (χ0) is 33.1. The molecule has 0 amide bonds. The summed E-state index contributed by atoms with van der Waals surface area (Å²) in [5, 5.41) is 36.7. The highest BCUT2D eigenvalue weighted by atomic mass is 79.9. The number of esters is 3. The van der Waals surface area contributed by atoms with Gasteiger partial charge in [-0.1, -0.05) is 43.6 Å². The van der Waals surface area contributed by atoms with E-state index in [4.69, 9.17) is 18.9 Å². The van der Waals surface area contributed by atoms with Crippen LogP contribution in [0.1, 0.15) is 61.3 Å². The minimum Gasteiger partial charge on any atom is -0.458 e. The monoisotopic (exact) mass is 760 g/mol. The van der Waals surface area contributed by atoms with Crippen LogP contribution in [0.15, 0.2) is 0 Å². The molecule has 45 heavy (non-hydrogen) atoms. The summed E-state index contributed by atoms with van der Waals surface area (Å²) in [7, 11) is 0. The number of rotatable bonds is 2. The third-order valence-electron chi connectivity index (χ3n) is 14.0. The molecule has 0 aromatic carbocycles. The summed E-state index contributed by atoms with van der Waals surface area (Å²) >= 11 is 7.49. The van der Waals surface area contributed by atoms with Crippen LogP contribution in [0.5, 0.6) is 0 Å². The normalized spacial score (nSPS) is 60.6. The van der Waals surface area contributed by atoms with Crippen LogP contribution < -0.4 is 0 Å². The van der Waals surface area contributed by atoms with Crippen molar-refractivity contribution >= 4 is 55.6 Å². The van der Waals surface area contributed by atoms with E-state index in [1.807, 2.05) is 20.8 Å². The number of Topliss-reactive ketones (excluding diaryl/α,β-unsaturated/α-hetero) is 1. The van der Waals surface area contributed by atoms with Crippen LogP contribution in [0.3, 0.4) is 0 Å². The molecule has 2 heterocycles. The largest absolute Gasteiger partial charge is 0.458 e. The Kier molecular flexibility index (Phi) is 6.86. The molecule has 4 unspecified atom stereocenters. The Morgan fingerprint density at radius 3 is 2.18 bits per heavy atom. The fourth-order valence-corrected chi connectivity index (χ4v) is 14.2. The number of ketones is 1. The van der Waals surface area contributed by atoms with E-state index < -0.39 is 109 Å². The van der Waals surface area contributed by atoms with E-state index in [1.165, 1.54) is 20.8 Å². The van der Waals surface area contributed by atoms with Gasteiger partial charge in [0.05, 0.1) is 28.6 Å². The molecule has 0 spiro atoms. The van der Waals surface area contributed by atoms with Crippen LogP contribution >= 0.6 is 31.9 Å². The van der Waals surface area contributed by atoms with Crippen molar-refractivity contribution < 1.29 is 53.4 Å². The molecule has 2 saturated heterocycles. The van der Waals surface area contributed by atoms with Gasteiger partial charge in [-0.25, -0.2) is 4.79 Å². The van der Waals surface area contributed by atoms with Crippen LogP contribution in [0, 0.1) is 57.7 Å². The van der Waals surface area contributed by atoms with Gasteiger partial charge in [0, 0.05) is 48.9 Å². The summed E-state index contributed by atoms with van der Waals surface area (Å²) in [5.41, 5.74) is -5.50. The number of aliphatic hydroxyl groups excluding tert-OH is 2. The van der Waals surface area contributed by atoms with Gasteiger partial charge < -0.3 is 34.3 Å². The average Bonchev–Trinajstić information content (AvgIpc) is 3.61. The number of fused-ring (bicyclic) bond motifs is 10.